The zero-order chi connectivity index (χ0) is 13.1. The van der Waals surface area contributed by atoms with Crippen molar-refractivity contribution in [2.45, 2.75) is 13.5 Å². The largest absolute Gasteiger partial charge is 0.477 e. The first-order valence-electron chi connectivity index (χ1n) is 5.15. The summed E-state index contributed by atoms with van der Waals surface area (Å²) >= 11 is 1.03. The van der Waals surface area contributed by atoms with Gasteiger partial charge in [0.25, 0.3) is 0 Å². The summed E-state index contributed by atoms with van der Waals surface area (Å²) in [5, 5.41) is 9.54. The van der Waals surface area contributed by atoms with Gasteiger partial charge < -0.3 is 9.84 Å². The van der Waals surface area contributed by atoms with Crippen molar-refractivity contribution in [1.82, 2.24) is 4.98 Å². The van der Waals surface area contributed by atoms with Gasteiger partial charge in [0.15, 0.2) is 4.88 Å². The topological polar surface area (TPSA) is 59.4 Å². The lowest BCUT2D eigenvalue weighted by Gasteiger charge is -2.04. The van der Waals surface area contributed by atoms with Crippen molar-refractivity contribution in [1.29, 1.82) is 0 Å². The smallest absolute Gasteiger partial charge is 0.351 e. The Morgan fingerprint density at radius 1 is 1.50 bits per heavy atom. The number of halogens is 1. The zero-order valence-electron chi connectivity index (χ0n) is 9.51. The molecule has 2 aromatic rings. The van der Waals surface area contributed by atoms with Gasteiger partial charge in [-0.2, -0.15) is 0 Å². The van der Waals surface area contributed by atoms with E-state index in [0.29, 0.717) is 10.6 Å². The van der Waals surface area contributed by atoms with Crippen molar-refractivity contribution >= 4 is 17.3 Å². The van der Waals surface area contributed by atoms with Crippen molar-refractivity contribution in [2.75, 3.05) is 0 Å². The summed E-state index contributed by atoms with van der Waals surface area (Å²) in [7, 11) is 0. The second kappa shape index (κ2) is 5.14. The van der Waals surface area contributed by atoms with Crippen LogP contribution < -0.4 is 4.74 Å². The Hall–Kier alpha value is -1.95. The van der Waals surface area contributed by atoms with E-state index in [2.05, 4.69) is 4.98 Å². The van der Waals surface area contributed by atoms with Crippen LogP contribution in [0.3, 0.4) is 0 Å². The summed E-state index contributed by atoms with van der Waals surface area (Å²) in [5.41, 5.74) is 0.361. The number of hydrogen-bond donors (Lipinski definition) is 1. The van der Waals surface area contributed by atoms with E-state index in [-0.39, 0.29) is 23.2 Å². The fourth-order valence-corrected chi connectivity index (χ4v) is 2.11. The van der Waals surface area contributed by atoms with Crippen molar-refractivity contribution in [3.63, 3.8) is 0 Å². The van der Waals surface area contributed by atoms with Crippen LogP contribution in [0.4, 0.5) is 4.39 Å². The number of thiazole rings is 1. The van der Waals surface area contributed by atoms with Crippen LogP contribution in [0.15, 0.2) is 24.3 Å². The van der Waals surface area contributed by atoms with Crippen LogP contribution >= 0.6 is 11.3 Å². The van der Waals surface area contributed by atoms with Crippen LogP contribution in [-0.4, -0.2) is 16.1 Å². The maximum atomic E-state index is 13.3. The Morgan fingerprint density at radius 3 is 2.89 bits per heavy atom. The third-order valence-electron chi connectivity index (χ3n) is 2.22. The molecule has 1 N–H and O–H groups in total. The van der Waals surface area contributed by atoms with E-state index in [1.165, 1.54) is 6.07 Å². The van der Waals surface area contributed by atoms with Crippen LogP contribution in [0.25, 0.3) is 0 Å². The first-order chi connectivity index (χ1) is 8.58. The number of carboxylic acids is 1. The lowest BCUT2D eigenvalue weighted by Crippen LogP contribution is -2.02. The highest BCUT2D eigenvalue weighted by Gasteiger charge is 2.17. The second-order valence-electron chi connectivity index (χ2n) is 3.55. The maximum Gasteiger partial charge on any atom is 0.351 e. The van der Waals surface area contributed by atoms with Crippen molar-refractivity contribution in [3.05, 3.63) is 45.5 Å². The molecule has 1 aromatic carbocycles. The van der Waals surface area contributed by atoms with Crippen LogP contribution in [-0.2, 0) is 6.61 Å². The van der Waals surface area contributed by atoms with E-state index in [4.69, 9.17) is 9.84 Å². The lowest BCUT2D eigenvalue weighted by atomic mass is 10.2. The molecule has 0 bridgehead atoms. The molecule has 0 aliphatic carbocycles. The number of carboxylic acid groups (broad SMARTS) is 1. The number of ether oxygens (including phenoxy) is 1. The Balaban J connectivity index is 2.16. The molecule has 6 heteroatoms. The standard InChI is InChI=1S/C12H10FNO3S/c1-7-14-11(10(18-7)12(15)16)17-6-8-4-2-3-5-9(8)13/h2-5H,6H2,1H3,(H,15,16). The third-order valence-corrected chi connectivity index (χ3v) is 3.16. The number of rotatable bonds is 4. The number of aromatic carboxylic acids is 1. The van der Waals surface area contributed by atoms with Crippen molar-refractivity contribution < 1.29 is 19.0 Å². The summed E-state index contributed by atoms with van der Waals surface area (Å²) in [6.07, 6.45) is 0. The highest BCUT2D eigenvalue weighted by Crippen LogP contribution is 2.25. The van der Waals surface area contributed by atoms with Gasteiger partial charge in [0, 0.05) is 5.56 Å². The molecule has 0 spiro atoms. The molecule has 1 heterocycles. The average molecular weight is 267 g/mol. The maximum absolute atomic E-state index is 13.3. The summed E-state index contributed by atoms with van der Waals surface area (Å²) in [6, 6.07) is 6.17. The molecule has 0 saturated heterocycles. The van der Waals surface area contributed by atoms with Gasteiger partial charge in [0.2, 0.25) is 5.88 Å². The van der Waals surface area contributed by atoms with E-state index in [0.717, 1.165) is 11.3 Å². The van der Waals surface area contributed by atoms with Gasteiger partial charge in [-0.1, -0.05) is 18.2 Å². The monoisotopic (exact) mass is 267 g/mol. The minimum Gasteiger partial charge on any atom is -0.477 e. The SMILES string of the molecule is Cc1nc(OCc2ccccc2F)c(C(=O)O)s1. The average Bonchev–Trinajstić information content (AvgIpc) is 2.70. The predicted octanol–water partition coefficient (Wildman–Crippen LogP) is 2.87. The molecule has 0 aliphatic rings. The molecule has 18 heavy (non-hydrogen) atoms. The van der Waals surface area contributed by atoms with Gasteiger partial charge >= 0.3 is 5.97 Å². The molecule has 94 valence electrons. The van der Waals surface area contributed by atoms with Crippen LogP contribution in [0.1, 0.15) is 20.2 Å². The van der Waals surface area contributed by atoms with Gasteiger partial charge in [0.1, 0.15) is 12.4 Å². The first kappa shape index (κ1) is 12.5. The molecular formula is C12H10FNO3S. The van der Waals surface area contributed by atoms with Crippen LogP contribution in [0, 0.1) is 12.7 Å². The Kier molecular flexibility index (Phi) is 3.57. The minimum absolute atomic E-state index is 0.0313. The number of hydrogen-bond acceptors (Lipinski definition) is 4. The predicted molar refractivity (Wildman–Crippen MR) is 64.5 cm³/mol. The Bertz CT molecular complexity index is 582. The Labute approximate surface area is 107 Å². The summed E-state index contributed by atoms with van der Waals surface area (Å²) < 4.78 is 18.6. The van der Waals surface area contributed by atoms with E-state index >= 15 is 0 Å². The van der Waals surface area contributed by atoms with Crippen molar-refractivity contribution in [3.8, 4) is 5.88 Å². The van der Waals surface area contributed by atoms with Gasteiger partial charge in [-0.05, 0) is 13.0 Å². The molecule has 0 radical (unpaired) electrons. The summed E-state index contributed by atoms with van der Waals surface area (Å²) in [6.45, 7) is 1.64. The molecule has 0 saturated carbocycles. The molecule has 0 aliphatic heterocycles. The second-order valence-corrected chi connectivity index (χ2v) is 4.76. The summed E-state index contributed by atoms with van der Waals surface area (Å²) in [5.74, 6) is -1.45. The number of aromatic nitrogens is 1. The molecule has 0 amide bonds. The molecule has 0 atom stereocenters. The van der Waals surface area contributed by atoms with E-state index in [1.54, 1.807) is 25.1 Å². The number of aryl methyl sites for hydroxylation is 1. The number of nitrogens with zero attached hydrogens (tertiary/aromatic N) is 1. The van der Waals surface area contributed by atoms with E-state index in [1.807, 2.05) is 0 Å². The molecule has 0 fully saturated rings. The first-order valence-corrected chi connectivity index (χ1v) is 5.96. The van der Waals surface area contributed by atoms with Gasteiger partial charge in [-0.3, -0.25) is 0 Å². The van der Waals surface area contributed by atoms with Gasteiger partial charge in [0.05, 0.1) is 5.01 Å². The Morgan fingerprint density at radius 2 is 2.22 bits per heavy atom. The summed E-state index contributed by atoms with van der Waals surface area (Å²) in [4.78, 5) is 14.9. The highest BCUT2D eigenvalue weighted by atomic mass is 32.1. The molecule has 1 aromatic heterocycles. The number of carbonyl (C=O) groups is 1. The van der Waals surface area contributed by atoms with Gasteiger partial charge in [-0.15, -0.1) is 11.3 Å². The minimum atomic E-state index is -1.09. The quantitative estimate of drug-likeness (QED) is 0.925. The van der Waals surface area contributed by atoms with Crippen molar-refractivity contribution in [2.24, 2.45) is 0 Å². The third kappa shape index (κ3) is 2.65. The fourth-order valence-electron chi connectivity index (χ4n) is 1.40. The normalized spacial score (nSPS) is 10.3. The molecule has 2 rings (SSSR count). The molecule has 0 unspecified atom stereocenters. The highest BCUT2D eigenvalue weighted by molar-refractivity contribution is 7.13. The van der Waals surface area contributed by atoms with Crippen LogP contribution in [0.5, 0.6) is 5.88 Å². The molecular weight excluding hydrogens is 257 g/mol. The van der Waals surface area contributed by atoms with Crippen LogP contribution in [0.2, 0.25) is 0 Å². The zero-order valence-corrected chi connectivity index (χ0v) is 10.3. The van der Waals surface area contributed by atoms with Gasteiger partial charge in [-0.25, -0.2) is 14.2 Å². The van der Waals surface area contributed by atoms with E-state index < -0.39 is 5.97 Å². The lowest BCUT2D eigenvalue weighted by molar-refractivity contribution is 0.0697. The molecule has 4 nitrogen and oxygen atoms in total. The number of benzene rings is 1. The fraction of sp³-hybridized carbons (Fsp3) is 0.167. The van der Waals surface area contributed by atoms with E-state index in [9.17, 15) is 9.18 Å².